The summed E-state index contributed by atoms with van der Waals surface area (Å²) >= 11 is 3.44. The van der Waals surface area contributed by atoms with Crippen molar-refractivity contribution < 1.29 is 9.90 Å². The fourth-order valence-corrected chi connectivity index (χ4v) is 2.00. The number of carboxylic acid groups (broad SMARTS) is 1. The Morgan fingerprint density at radius 3 is 2.61 bits per heavy atom. The Labute approximate surface area is 113 Å². The second-order valence-corrected chi connectivity index (χ2v) is 5.38. The predicted molar refractivity (Wildman–Crippen MR) is 71.9 cm³/mol. The molecule has 0 unspecified atom stereocenters. The van der Waals surface area contributed by atoms with E-state index < -0.39 is 11.4 Å². The van der Waals surface area contributed by atoms with Gasteiger partial charge in [0.25, 0.3) is 0 Å². The number of aliphatic carboxylic acids is 1. The first-order valence-electron chi connectivity index (χ1n) is 5.47. The van der Waals surface area contributed by atoms with Crippen LogP contribution < -0.4 is 0 Å². The highest BCUT2D eigenvalue weighted by Gasteiger charge is 2.32. The largest absolute Gasteiger partial charge is 0.481 e. The van der Waals surface area contributed by atoms with Gasteiger partial charge in [0.1, 0.15) is 5.41 Å². The van der Waals surface area contributed by atoms with Crippen LogP contribution in [-0.2, 0) is 10.2 Å². The molecular formula is C13H13BrN2O2. The zero-order chi connectivity index (χ0) is 13.3. The van der Waals surface area contributed by atoms with Crippen molar-refractivity contribution in [2.24, 2.45) is 0 Å². The molecular weight excluding hydrogens is 296 g/mol. The van der Waals surface area contributed by atoms with E-state index in [2.05, 4.69) is 21.0 Å². The second kappa shape index (κ2) is 4.57. The molecule has 1 aromatic carbocycles. The van der Waals surface area contributed by atoms with Crippen molar-refractivity contribution in [1.29, 1.82) is 0 Å². The second-order valence-electron chi connectivity index (χ2n) is 4.53. The molecule has 0 aliphatic heterocycles. The number of rotatable bonds is 3. The van der Waals surface area contributed by atoms with Gasteiger partial charge in [-0.1, -0.05) is 12.1 Å². The van der Waals surface area contributed by atoms with Crippen molar-refractivity contribution in [2.75, 3.05) is 0 Å². The Morgan fingerprint density at radius 1 is 1.33 bits per heavy atom. The van der Waals surface area contributed by atoms with E-state index in [9.17, 15) is 9.90 Å². The number of hydrogen-bond acceptors (Lipinski definition) is 2. The Balaban J connectivity index is 2.44. The van der Waals surface area contributed by atoms with Crippen molar-refractivity contribution in [1.82, 2.24) is 9.78 Å². The fraction of sp³-hybridized carbons (Fsp3) is 0.231. The Morgan fingerprint density at radius 2 is 2.00 bits per heavy atom. The molecule has 1 heterocycles. The van der Waals surface area contributed by atoms with E-state index in [1.165, 1.54) is 0 Å². The van der Waals surface area contributed by atoms with Crippen molar-refractivity contribution in [3.63, 3.8) is 0 Å². The lowest BCUT2D eigenvalue weighted by Gasteiger charge is -2.15. The standard InChI is InChI=1S/C13H13BrN2O2/c1-13(2,12(17)18)11-7-8-16(15-11)10-6-4-3-5-9(10)14/h3-8H,1-2H3,(H,17,18). The summed E-state index contributed by atoms with van der Waals surface area (Å²) in [6.07, 6.45) is 1.76. The van der Waals surface area contributed by atoms with E-state index in [-0.39, 0.29) is 0 Å². The van der Waals surface area contributed by atoms with Gasteiger partial charge < -0.3 is 5.11 Å². The lowest BCUT2D eigenvalue weighted by Crippen LogP contribution is -2.29. The van der Waals surface area contributed by atoms with Crippen LogP contribution in [0.3, 0.4) is 0 Å². The smallest absolute Gasteiger partial charge is 0.315 e. The van der Waals surface area contributed by atoms with Crippen LogP contribution in [0.15, 0.2) is 41.0 Å². The Bertz CT molecular complexity index is 590. The number of hydrogen-bond donors (Lipinski definition) is 1. The molecule has 0 aliphatic carbocycles. The molecule has 0 amide bonds. The molecule has 1 aromatic heterocycles. The van der Waals surface area contributed by atoms with Crippen molar-refractivity contribution >= 4 is 21.9 Å². The maximum atomic E-state index is 11.2. The van der Waals surface area contributed by atoms with Gasteiger partial charge in [-0.25, -0.2) is 4.68 Å². The first-order valence-corrected chi connectivity index (χ1v) is 6.26. The lowest BCUT2D eigenvalue weighted by molar-refractivity contribution is -0.142. The summed E-state index contributed by atoms with van der Waals surface area (Å²) in [7, 11) is 0. The normalized spacial score (nSPS) is 11.5. The third kappa shape index (κ3) is 2.18. The summed E-state index contributed by atoms with van der Waals surface area (Å²) in [5, 5.41) is 13.5. The van der Waals surface area contributed by atoms with Crippen LogP contribution in [0, 0.1) is 0 Å². The van der Waals surface area contributed by atoms with Crippen molar-refractivity contribution in [3.8, 4) is 5.69 Å². The minimum absolute atomic E-state index is 0.533. The van der Waals surface area contributed by atoms with E-state index in [0.29, 0.717) is 5.69 Å². The highest BCUT2D eigenvalue weighted by molar-refractivity contribution is 9.10. The fourth-order valence-electron chi connectivity index (χ4n) is 1.54. The van der Waals surface area contributed by atoms with Gasteiger partial charge in [-0.2, -0.15) is 5.10 Å². The predicted octanol–water partition coefficient (Wildman–Crippen LogP) is 3.00. The molecule has 0 aliphatic rings. The number of aromatic nitrogens is 2. The minimum atomic E-state index is -0.994. The molecule has 18 heavy (non-hydrogen) atoms. The molecule has 2 aromatic rings. The molecule has 0 radical (unpaired) electrons. The van der Waals surface area contributed by atoms with Crippen molar-refractivity contribution in [2.45, 2.75) is 19.3 Å². The number of carbonyl (C=O) groups is 1. The molecule has 0 spiro atoms. The molecule has 0 atom stereocenters. The van der Waals surface area contributed by atoms with E-state index in [0.717, 1.165) is 10.2 Å². The van der Waals surface area contributed by atoms with Gasteiger partial charge in [-0.15, -0.1) is 0 Å². The molecule has 1 N–H and O–H groups in total. The lowest BCUT2D eigenvalue weighted by atomic mass is 9.90. The highest BCUT2D eigenvalue weighted by Crippen LogP contribution is 2.24. The monoisotopic (exact) mass is 308 g/mol. The van der Waals surface area contributed by atoms with Gasteiger partial charge in [0.15, 0.2) is 0 Å². The van der Waals surface area contributed by atoms with E-state index in [1.807, 2.05) is 24.3 Å². The Hall–Kier alpha value is -1.62. The van der Waals surface area contributed by atoms with Crippen LogP contribution in [0.1, 0.15) is 19.5 Å². The van der Waals surface area contributed by atoms with Gasteiger partial charge in [-0.3, -0.25) is 4.79 Å². The molecule has 5 heteroatoms. The number of halogens is 1. The minimum Gasteiger partial charge on any atom is -0.481 e. The first-order chi connectivity index (χ1) is 8.43. The number of para-hydroxylation sites is 1. The zero-order valence-electron chi connectivity index (χ0n) is 10.1. The molecule has 0 fully saturated rings. The summed E-state index contributed by atoms with van der Waals surface area (Å²) in [6, 6.07) is 9.38. The van der Waals surface area contributed by atoms with Crippen LogP contribution in [0.4, 0.5) is 0 Å². The van der Waals surface area contributed by atoms with Crippen molar-refractivity contribution in [3.05, 3.63) is 46.7 Å². The van der Waals surface area contributed by atoms with Crippen LogP contribution in [0.5, 0.6) is 0 Å². The summed E-state index contributed by atoms with van der Waals surface area (Å²) < 4.78 is 2.58. The van der Waals surface area contributed by atoms with Crippen LogP contribution in [0.2, 0.25) is 0 Å². The summed E-state index contributed by atoms with van der Waals surface area (Å²) in [4.78, 5) is 11.2. The third-order valence-electron chi connectivity index (χ3n) is 2.86. The first kappa shape index (κ1) is 12.8. The number of benzene rings is 1. The average Bonchev–Trinajstić information content (AvgIpc) is 2.79. The molecule has 94 valence electrons. The molecule has 0 saturated heterocycles. The van der Waals surface area contributed by atoms with Crippen LogP contribution >= 0.6 is 15.9 Å². The quantitative estimate of drug-likeness (QED) is 0.948. The SMILES string of the molecule is CC(C)(C(=O)O)c1ccn(-c2ccccc2Br)n1. The van der Waals surface area contributed by atoms with Gasteiger partial charge in [0, 0.05) is 10.7 Å². The summed E-state index contributed by atoms with van der Waals surface area (Å²) in [6.45, 7) is 3.28. The molecule has 0 bridgehead atoms. The van der Waals surface area contributed by atoms with E-state index in [4.69, 9.17) is 0 Å². The van der Waals surface area contributed by atoms with Gasteiger partial charge in [-0.05, 0) is 48.0 Å². The van der Waals surface area contributed by atoms with Gasteiger partial charge in [0.05, 0.1) is 11.4 Å². The highest BCUT2D eigenvalue weighted by atomic mass is 79.9. The maximum absolute atomic E-state index is 11.2. The van der Waals surface area contributed by atoms with Crippen LogP contribution in [0.25, 0.3) is 5.69 Å². The number of nitrogens with zero attached hydrogens (tertiary/aromatic N) is 2. The topological polar surface area (TPSA) is 55.1 Å². The number of carboxylic acids is 1. The van der Waals surface area contributed by atoms with E-state index in [1.54, 1.807) is 30.8 Å². The van der Waals surface area contributed by atoms with Gasteiger partial charge >= 0.3 is 5.97 Å². The molecule has 2 rings (SSSR count). The summed E-state index contributed by atoms with van der Waals surface area (Å²) in [5.41, 5.74) is 0.419. The Kier molecular flexibility index (Phi) is 3.26. The van der Waals surface area contributed by atoms with Crippen LogP contribution in [-0.4, -0.2) is 20.9 Å². The maximum Gasteiger partial charge on any atom is 0.315 e. The molecule has 0 saturated carbocycles. The van der Waals surface area contributed by atoms with E-state index >= 15 is 0 Å². The average molecular weight is 309 g/mol. The zero-order valence-corrected chi connectivity index (χ0v) is 11.7. The third-order valence-corrected chi connectivity index (χ3v) is 3.53. The van der Waals surface area contributed by atoms with Gasteiger partial charge in [0.2, 0.25) is 0 Å². The summed E-state index contributed by atoms with van der Waals surface area (Å²) in [5.74, 6) is -0.889. The molecule has 4 nitrogen and oxygen atoms in total.